The highest BCUT2D eigenvalue weighted by Gasteiger charge is 2.27. The monoisotopic (exact) mass is 390 g/mol. The molecule has 2 N–H and O–H groups in total. The zero-order valence-corrected chi connectivity index (χ0v) is 16.6. The third-order valence-electron chi connectivity index (χ3n) is 4.78. The molecule has 1 aliphatic heterocycles. The van der Waals surface area contributed by atoms with E-state index in [4.69, 9.17) is 0 Å². The Morgan fingerprint density at radius 2 is 2.07 bits per heavy atom. The SMILES string of the molecule is CN=C(NCc1nccn1CC(C)C)NC1CCN(c2c(F)cccc2F)C1. The van der Waals surface area contributed by atoms with Crippen LogP contribution >= 0.6 is 0 Å². The Labute approximate surface area is 164 Å². The van der Waals surface area contributed by atoms with Crippen LogP contribution in [0, 0.1) is 17.6 Å². The summed E-state index contributed by atoms with van der Waals surface area (Å²) in [6.45, 7) is 6.91. The van der Waals surface area contributed by atoms with Crippen LogP contribution in [0.2, 0.25) is 0 Å². The number of imidazole rings is 1. The van der Waals surface area contributed by atoms with Crippen LogP contribution in [0.25, 0.3) is 0 Å². The second-order valence-electron chi connectivity index (χ2n) is 7.46. The molecule has 0 spiro atoms. The molecule has 28 heavy (non-hydrogen) atoms. The second kappa shape index (κ2) is 9.03. The fraction of sp³-hybridized carbons (Fsp3) is 0.500. The largest absolute Gasteiger partial charge is 0.365 e. The summed E-state index contributed by atoms with van der Waals surface area (Å²) in [6, 6.07) is 4.02. The van der Waals surface area contributed by atoms with E-state index in [1.165, 1.54) is 18.2 Å². The van der Waals surface area contributed by atoms with Gasteiger partial charge in [0, 0.05) is 45.1 Å². The Morgan fingerprint density at radius 1 is 1.32 bits per heavy atom. The number of hydrogen-bond acceptors (Lipinski definition) is 3. The fourth-order valence-corrected chi connectivity index (χ4v) is 3.49. The van der Waals surface area contributed by atoms with Crippen molar-refractivity contribution in [2.24, 2.45) is 10.9 Å². The zero-order chi connectivity index (χ0) is 20.1. The lowest BCUT2D eigenvalue weighted by Gasteiger charge is -2.21. The first-order chi connectivity index (χ1) is 13.5. The van der Waals surface area contributed by atoms with Crippen molar-refractivity contribution in [1.82, 2.24) is 20.2 Å². The van der Waals surface area contributed by atoms with Crippen LogP contribution in [-0.2, 0) is 13.1 Å². The Bertz CT molecular complexity index is 797. The summed E-state index contributed by atoms with van der Waals surface area (Å²) in [5.41, 5.74) is 0.0467. The lowest BCUT2D eigenvalue weighted by Crippen LogP contribution is -2.44. The van der Waals surface area contributed by atoms with E-state index >= 15 is 0 Å². The lowest BCUT2D eigenvalue weighted by molar-refractivity contribution is 0.503. The maximum Gasteiger partial charge on any atom is 0.191 e. The van der Waals surface area contributed by atoms with Gasteiger partial charge in [0.15, 0.2) is 5.96 Å². The standard InChI is InChI=1S/C20H28F2N6/c1-14(2)12-27-10-8-24-18(27)11-25-20(23-3)26-15-7-9-28(13-15)19-16(21)5-4-6-17(19)22/h4-6,8,10,14-15H,7,9,11-13H2,1-3H3,(H2,23,25,26). The van der Waals surface area contributed by atoms with Crippen LogP contribution in [0.15, 0.2) is 35.6 Å². The van der Waals surface area contributed by atoms with Gasteiger partial charge in [0.25, 0.3) is 0 Å². The summed E-state index contributed by atoms with van der Waals surface area (Å²) in [7, 11) is 1.71. The third-order valence-corrected chi connectivity index (χ3v) is 4.78. The van der Waals surface area contributed by atoms with Crippen LogP contribution < -0.4 is 15.5 Å². The number of aliphatic imine (C=N–C) groups is 1. The maximum atomic E-state index is 14.0. The van der Waals surface area contributed by atoms with E-state index in [1.54, 1.807) is 18.1 Å². The molecule has 1 saturated heterocycles. The smallest absolute Gasteiger partial charge is 0.191 e. The molecule has 0 bridgehead atoms. The number of nitrogens with zero attached hydrogens (tertiary/aromatic N) is 4. The third kappa shape index (κ3) is 4.79. The van der Waals surface area contributed by atoms with Gasteiger partial charge in [-0.25, -0.2) is 13.8 Å². The number of rotatable bonds is 6. The molecular weight excluding hydrogens is 362 g/mol. The van der Waals surface area contributed by atoms with Crippen molar-refractivity contribution in [3.8, 4) is 0 Å². The minimum Gasteiger partial charge on any atom is -0.365 e. The van der Waals surface area contributed by atoms with E-state index in [-0.39, 0.29) is 11.7 Å². The van der Waals surface area contributed by atoms with Crippen LogP contribution in [0.1, 0.15) is 26.1 Å². The molecule has 1 atom stereocenters. The van der Waals surface area contributed by atoms with E-state index in [2.05, 4.69) is 39.0 Å². The van der Waals surface area contributed by atoms with Crippen LogP contribution in [0.4, 0.5) is 14.5 Å². The van der Waals surface area contributed by atoms with Crippen LogP contribution in [0.5, 0.6) is 0 Å². The van der Waals surface area contributed by atoms with Crippen molar-refractivity contribution in [3.05, 3.63) is 48.1 Å². The van der Waals surface area contributed by atoms with E-state index in [1.807, 2.05) is 6.20 Å². The summed E-state index contributed by atoms with van der Waals surface area (Å²) >= 11 is 0. The van der Waals surface area contributed by atoms with Crippen molar-refractivity contribution >= 4 is 11.6 Å². The molecule has 0 aliphatic carbocycles. The highest BCUT2D eigenvalue weighted by Crippen LogP contribution is 2.26. The predicted octanol–water partition coefficient (Wildman–Crippen LogP) is 2.76. The molecule has 3 rings (SSSR count). The van der Waals surface area contributed by atoms with Gasteiger partial charge in [0.05, 0.1) is 6.54 Å². The van der Waals surface area contributed by atoms with Crippen molar-refractivity contribution in [3.63, 3.8) is 0 Å². The summed E-state index contributed by atoms with van der Waals surface area (Å²) in [6.07, 6.45) is 4.55. The van der Waals surface area contributed by atoms with Gasteiger partial charge in [0.1, 0.15) is 23.1 Å². The lowest BCUT2D eigenvalue weighted by atomic mass is 10.2. The van der Waals surface area contributed by atoms with E-state index < -0.39 is 11.6 Å². The molecule has 2 heterocycles. The predicted molar refractivity (Wildman–Crippen MR) is 107 cm³/mol. The summed E-state index contributed by atoms with van der Waals surface area (Å²) in [4.78, 5) is 10.4. The number of benzene rings is 1. The number of para-hydroxylation sites is 1. The first kappa shape index (κ1) is 20.1. The highest BCUT2D eigenvalue weighted by atomic mass is 19.1. The van der Waals surface area contributed by atoms with E-state index in [0.29, 0.717) is 31.5 Å². The molecule has 1 aromatic heterocycles. The van der Waals surface area contributed by atoms with Gasteiger partial charge in [-0.3, -0.25) is 4.99 Å². The normalized spacial score (nSPS) is 17.4. The van der Waals surface area contributed by atoms with Gasteiger partial charge >= 0.3 is 0 Å². The Hall–Kier alpha value is -2.64. The van der Waals surface area contributed by atoms with Gasteiger partial charge in [-0.15, -0.1) is 0 Å². The number of aromatic nitrogens is 2. The maximum absolute atomic E-state index is 14.0. The summed E-state index contributed by atoms with van der Waals surface area (Å²) in [5, 5.41) is 6.62. The molecule has 2 aromatic rings. The average Bonchev–Trinajstić information content (AvgIpc) is 3.27. The summed E-state index contributed by atoms with van der Waals surface area (Å²) < 4.78 is 30.2. The fourth-order valence-electron chi connectivity index (χ4n) is 3.49. The quantitative estimate of drug-likeness (QED) is 0.588. The number of hydrogen-bond donors (Lipinski definition) is 2. The molecule has 1 aromatic carbocycles. The van der Waals surface area contributed by atoms with Crippen molar-refractivity contribution in [2.45, 2.75) is 39.4 Å². The van der Waals surface area contributed by atoms with E-state index in [0.717, 1.165) is 18.8 Å². The molecule has 1 fully saturated rings. The van der Waals surface area contributed by atoms with E-state index in [9.17, 15) is 8.78 Å². The zero-order valence-electron chi connectivity index (χ0n) is 16.6. The molecule has 6 nitrogen and oxygen atoms in total. The highest BCUT2D eigenvalue weighted by molar-refractivity contribution is 5.80. The minimum absolute atomic E-state index is 0.0467. The molecule has 0 amide bonds. The minimum atomic E-state index is -0.528. The molecule has 8 heteroatoms. The van der Waals surface area contributed by atoms with Crippen molar-refractivity contribution < 1.29 is 8.78 Å². The van der Waals surface area contributed by atoms with Crippen LogP contribution in [-0.4, -0.2) is 41.7 Å². The number of anilines is 1. The second-order valence-corrected chi connectivity index (χ2v) is 7.46. The molecule has 152 valence electrons. The van der Waals surface area contributed by atoms with Crippen LogP contribution in [0.3, 0.4) is 0 Å². The average molecular weight is 390 g/mol. The molecule has 1 unspecified atom stereocenters. The van der Waals surface area contributed by atoms with Crippen molar-refractivity contribution in [2.75, 3.05) is 25.0 Å². The first-order valence-corrected chi connectivity index (χ1v) is 9.64. The first-order valence-electron chi connectivity index (χ1n) is 9.64. The van der Waals surface area contributed by atoms with Gasteiger partial charge in [-0.1, -0.05) is 19.9 Å². The Morgan fingerprint density at radius 3 is 2.75 bits per heavy atom. The van der Waals surface area contributed by atoms with Gasteiger partial charge in [-0.2, -0.15) is 0 Å². The Kier molecular flexibility index (Phi) is 6.49. The van der Waals surface area contributed by atoms with Gasteiger partial charge < -0.3 is 20.1 Å². The molecule has 1 aliphatic rings. The summed E-state index contributed by atoms with van der Waals surface area (Å²) in [5.74, 6) is 1.08. The molecule has 0 saturated carbocycles. The topological polar surface area (TPSA) is 57.5 Å². The molecule has 0 radical (unpaired) electrons. The number of nitrogens with one attached hydrogen (secondary N) is 2. The van der Waals surface area contributed by atoms with Gasteiger partial charge in [-0.05, 0) is 24.5 Å². The number of halogens is 2. The number of guanidine groups is 1. The van der Waals surface area contributed by atoms with Crippen molar-refractivity contribution in [1.29, 1.82) is 0 Å². The Balaban J connectivity index is 1.55. The van der Waals surface area contributed by atoms with Gasteiger partial charge in [0.2, 0.25) is 0 Å². The molecular formula is C20H28F2N6.